The van der Waals surface area contributed by atoms with Crippen molar-refractivity contribution < 1.29 is 14.3 Å². The van der Waals surface area contributed by atoms with Crippen LogP contribution in [0.15, 0.2) is 0 Å². The standard InChI is InChI=1S/C16H33NO3/c1-5-15(6-2)17(13-14-19-4)12-10-8-9-11-16(18)20-7-3/h15H,5-14H2,1-4H3. The highest BCUT2D eigenvalue weighted by atomic mass is 16.5. The molecule has 0 aromatic carbocycles. The summed E-state index contributed by atoms with van der Waals surface area (Å²) in [7, 11) is 1.75. The Bertz CT molecular complexity index is 230. The van der Waals surface area contributed by atoms with E-state index in [4.69, 9.17) is 9.47 Å². The van der Waals surface area contributed by atoms with Gasteiger partial charge in [0.2, 0.25) is 0 Å². The summed E-state index contributed by atoms with van der Waals surface area (Å²) >= 11 is 0. The number of nitrogens with zero attached hydrogens (tertiary/aromatic N) is 1. The molecule has 0 aliphatic carbocycles. The molecule has 0 unspecified atom stereocenters. The normalized spacial score (nSPS) is 11.3. The van der Waals surface area contributed by atoms with Gasteiger partial charge in [-0.1, -0.05) is 20.3 Å². The van der Waals surface area contributed by atoms with E-state index in [-0.39, 0.29) is 5.97 Å². The van der Waals surface area contributed by atoms with Gasteiger partial charge in [0.15, 0.2) is 0 Å². The molecule has 0 saturated carbocycles. The smallest absolute Gasteiger partial charge is 0.305 e. The third kappa shape index (κ3) is 9.32. The van der Waals surface area contributed by atoms with E-state index in [1.54, 1.807) is 7.11 Å². The lowest BCUT2D eigenvalue weighted by atomic mass is 10.1. The average Bonchev–Trinajstić information content (AvgIpc) is 2.45. The number of unbranched alkanes of at least 4 members (excludes halogenated alkanes) is 2. The summed E-state index contributed by atoms with van der Waals surface area (Å²) in [6.45, 7) is 9.71. The molecule has 120 valence electrons. The Hall–Kier alpha value is -0.610. The summed E-state index contributed by atoms with van der Waals surface area (Å²) in [5, 5.41) is 0. The maximum absolute atomic E-state index is 11.2. The first-order valence-corrected chi connectivity index (χ1v) is 8.08. The van der Waals surface area contributed by atoms with Crippen molar-refractivity contribution in [1.29, 1.82) is 0 Å². The molecule has 0 aliphatic heterocycles. The van der Waals surface area contributed by atoms with Gasteiger partial charge in [0.1, 0.15) is 0 Å². The predicted octanol–water partition coefficient (Wildman–Crippen LogP) is 3.25. The summed E-state index contributed by atoms with van der Waals surface area (Å²) < 4.78 is 10.1. The van der Waals surface area contributed by atoms with Crippen molar-refractivity contribution in [3.05, 3.63) is 0 Å². The second-order valence-electron chi connectivity index (χ2n) is 5.11. The molecule has 0 saturated heterocycles. The van der Waals surface area contributed by atoms with E-state index in [0.717, 1.165) is 39.0 Å². The van der Waals surface area contributed by atoms with Crippen molar-refractivity contribution >= 4 is 5.97 Å². The number of hydrogen-bond acceptors (Lipinski definition) is 4. The fraction of sp³-hybridized carbons (Fsp3) is 0.938. The van der Waals surface area contributed by atoms with Gasteiger partial charge >= 0.3 is 5.97 Å². The van der Waals surface area contributed by atoms with Crippen LogP contribution in [0.2, 0.25) is 0 Å². The number of ether oxygens (including phenoxy) is 2. The number of carbonyl (C=O) groups excluding carboxylic acids is 1. The van der Waals surface area contributed by atoms with Gasteiger partial charge in [-0.25, -0.2) is 0 Å². The summed E-state index contributed by atoms with van der Waals surface area (Å²) in [4.78, 5) is 13.8. The van der Waals surface area contributed by atoms with Crippen LogP contribution < -0.4 is 0 Å². The molecule has 20 heavy (non-hydrogen) atoms. The Morgan fingerprint density at radius 2 is 1.75 bits per heavy atom. The van der Waals surface area contributed by atoms with Gasteiger partial charge < -0.3 is 9.47 Å². The van der Waals surface area contributed by atoms with Crippen LogP contribution in [0.4, 0.5) is 0 Å². The van der Waals surface area contributed by atoms with Crippen LogP contribution in [0.5, 0.6) is 0 Å². The van der Waals surface area contributed by atoms with E-state index in [9.17, 15) is 4.79 Å². The monoisotopic (exact) mass is 287 g/mol. The van der Waals surface area contributed by atoms with E-state index in [1.165, 1.54) is 12.8 Å². The molecule has 0 rings (SSSR count). The molecule has 0 N–H and O–H groups in total. The molecule has 0 aliphatic rings. The quantitative estimate of drug-likeness (QED) is 0.385. The van der Waals surface area contributed by atoms with Crippen molar-refractivity contribution in [3.63, 3.8) is 0 Å². The fourth-order valence-corrected chi connectivity index (χ4v) is 2.48. The molecular formula is C16H33NO3. The molecule has 0 radical (unpaired) electrons. The summed E-state index contributed by atoms with van der Waals surface area (Å²) in [5.74, 6) is -0.0660. The number of esters is 1. The number of rotatable bonds is 13. The number of methoxy groups -OCH3 is 1. The van der Waals surface area contributed by atoms with Gasteiger partial charge in [-0.2, -0.15) is 0 Å². The summed E-state index contributed by atoms with van der Waals surface area (Å²) in [6.07, 6.45) is 6.07. The Labute approximate surface area is 124 Å². The van der Waals surface area contributed by atoms with Crippen LogP contribution >= 0.6 is 0 Å². The van der Waals surface area contributed by atoms with E-state index in [0.29, 0.717) is 19.1 Å². The zero-order chi connectivity index (χ0) is 15.2. The lowest BCUT2D eigenvalue weighted by Crippen LogP contribution is -2.37. The molecule has 0 amide bonds. The minimum absolute atomic E-state index is 0.0660. The first-order chi connectivity index (χ1) is 9.69. The third-order valence-corrected chi connectivity index (χ3v) is 3.67. The maximum atomic E-state index is 11.2. The summed E-state index contributed by atoms with van der Waals surface area (Å²) in [5.41, 5.74) is 0. The van der Waals surface area contributed by atoms with Crippen LogP contribution in [-0.4, -0.2) is 50.3 Å². The molecule has 4 nitrogen and oxygen atoms in total. The molecule has 0 aromatic heterocycles. The first kappa shape index (κ1) is 19.4. The van der Waals surface area contributed by atoms with Crippen molar-refractivity contribution in [2.24, 2.45) is 0 Å². The third-order valence-electron chi connectivity index (χ3n) is 3.67. The highest BCUT2D eigenvalue weighted by molar-refractivity contribution is 5.69. The van der Waals surface area contributed by atoms with Crippen molar-refractivity contribution in [2.45, 2.75) is 65.3 Å². The molecule has 0 aromatic rings. The minimum Gasteiger partial charge on any atom is -0.466 e. The number of hydrogen-bond donors (Lipinski definition) is 0. The highest BCUT2D eigenvalue weighted by Gasteiger charge is 2.14. The lowest BCUT2D eigenvalue weighted by molar-refractivity contribution is -0.143. The zero-order valence-electron chi connectivity index (χ0n) is 13.8. The summed E-state index contributed by atoms with van der Waals surface area (Å²) in [6, 6.07) is 0.648. The molecule has 0 heterocycles. The van der Waals surface area contributed by atoms with Gasteiger partial charge in [0.05, 0.1) is 13.2 Å². The zero-order valence-corrected chi connectivity index (χ0v) is 13.8. The highest BCUT2D eigenvalue weighted by Crippen LogP contribution is 2.11. The second-order valence-corrected chi connectivity index (χ2v) is 5.11. The molecule has 4 heteroatoms. The van der Waals surface area contributed by atoms with E-state index >= 15 is 0 Å². The second kappa shape index (κ2) is 13.4. The molecule has 0 bridgehead atoms. The van der Waals surface area contributed by atoms with E-state index in [2.05, 4.69) is 18.7 Å². The van der Waals surface area contributed by atoms with Crippen LogP contribution in [0.3, 0.4) is 0 Å². The SMILES string of the molecule is CCOC(=O)CCCCCN(CCOC)C(CC)CC. The van der Waals surface area contributed by atoms with Crippen LogP contribution in [0.1, 0.15) is 59.3 Å². The van der Waals surface area contributed by atoms with E-state index < -0.39 is 0 Å². The predicted molar refractivity (Wildman–Crippen MR) is 82.9 cm³/mol. The Kier molecular flexibility index (Phi) is 13.0. The molecule has 0 fully saturated rings. The van der Waals surface area contributed by atoms with Crippen molar-refractivity contribution in [1.82, 2.24) is 4.90 Å². The van der Waals surface area contributed by atoms with Gasteiger partial charge in [0, 0.05) is 26.1 Å². The first-order valence-electron chi connectivity index (χ1n) is 8.08. The van der Waals surface area contributed by atoms with Gasteiger partial charge in [-0.3, -0.25) is 9.69 Å². The fourth-order valence-electron chi connectivity index (χ4n) is 2.48. The Morgan fingerprint density at radius 1 is 1.05 bits per heavy atom. The maximum Gasteiger partial charge on any atom is 0.305 e. The lowest BCUT2D eigenvalue weighted by Gasteiger charge is -2.30. The van der Waals surface area contributed by atoms with Crippen LogP contribution in [-0.2, 0) is 14.3 Å². The minimum atomic E-state index is -0.0660. The van der Waals surface area contributed by atoms with Gasteiger partial charge in [-0.15, -0.1) is 0 Å². The van der Waals surface area contributed by atoms with Crippen LogP contribution in [0.25, 0.3) is 0 Å². The van der Waals surface area contributed by atoms with Gasteiger partial charge in [-0.05, 0) is 39.2 Å². The number of carbonyl (C=O) groups is 1. The topological polar surface area (TPSA) is 38.8 Å². The largest absolute Gasteiger partial charge is 0.466 e. The van der Waals surface area contributed by atoms with Gasteiger partial charge in [0.25, 0.3) is 0 Å². The van der Waals surface area contributed by atoms with E-state index in [1.807, 2.05) is 6.92 Å². The average molecular weight is 287 g/mol. The van der Waals surface area contributed by atoms with Crippen molar-refractivity contribution in [3.8, 4) is 0 Å². The van der Waals surface area contributed by atoms with Crippen LogP contribution in [0, 0.1) is 0 Å². The molecule has 0 spiro atoms. The van der Waals surface area contributed by atoms with Crippen molar-refractivity contribution in [2.75, 3.05) is 33.4 Å². The Balaban J connectivity index is 3.86. The molecule has 0 atom stereocenters. The Morgan fingerprint density at radius 3 is 2.30 bits per heavy atom. The molecular weight excluding hydrogens is 254 g/mol.